The number of hydrogen-bond acceptors (Lipinski definition) is 4. The Balaban J connectivity index is 1.98. The molecule has 3 rings (SSSR count). The Morgan fingerprint density at radius 2 is 2.24 bits per heavy atom. The fourth-order valence-electron chi connectivity index (χ4n) is 3.06. The summed E-state index contributed by atoms with van der Waals surface area (Å²) in [5.41, 5.74) is 1.86. The molecular weight excluding hydrogens is 268 g/mol. The highest BCUT2D eigenvalue weighted by Crippen LogP contribution is 2.44. The number of nitrogens with zero attached hydrogens (tertiary/aromatic N) is 3. The SMILES string of the molecule is CCC1(CNc2c(C(=O)O)cnc3c2cnn3C)CCC1. The number of rotatable bonds is 5. The van der Waals surface area contributed by atoms with Gasteiger partial charge >= 0.3 is 5.97 Å². The lowest BCUT2D eigenvalue weighted by molar-refractivity contribution is 0.0697. The number of carboxylic acids is 1. The zero-order valence-corrected chi connectivity index (χ0v) is 12.4. The van der Waals surface area contributed by atoms with Crippen molar-refractivity contribution in [2.75, 3.05) is 11.9 Å². The summed E-state index contributed by atoms with van der Waals surface area (Å²) in [6.45, 7) is 3.00. The van der Waals surface area contributed by atoms with Gasteiger partial charge in [0, 0.05) is 19.8 Å². The summed E-state index contributed by atoms with van der Waals surface area (Å²) >= 11 is 0. The Bertz CT molecular complexity index is 683. The van der Waals surface area contributed by atoms with E-state index in [9.17, 15) is 9.90 Å². The van der Waals surface area contributed by atoms with Crippen molar-refractivity contribution in [1.82, 2.24) is 14.8 Å². The summed E-state index contributed by atoms with van der Waals surface area (Å²) in [6.07, 6.45) is 7.88. The highest BCUT2D eigenvalue weighted by molar-refractivity contribution is 6.03. The second-order valence-corrected chi connectivity index (χ2v) is 5.92. The van der Waals surface area contributed by atoms with E-state index < -0.39 is 5.97 Å². The fraction of sp³-hybridized carbons (Fsp3) is 0.533. The zero-order valence-electron chi connectivity index (χ0n) is 12.4. The zero-order chi connectivity index (χ0) is 15.0. The van der Waals surface area contributed by atoms with Crippen LogP contribution in [0, 0.1) is 5.41 Å². The first-order valence-electron chi connectivity index (χ1n) is 7.34. The second kappa shape index (κ2) is 5.02. The standard InChI is InChI=1S/C15H20N4O2/c1-3-15(5-4-6-15)9-17-12-10-8-18-19(2)13(10)16-7-11(12)14(20)21/h7-8H,3-6,9H2,1-2H3,(H,16,17)(H,20,21). The van der Waals surface area contributed by atoms with E-state index in [0.717, 1.165) is 18.4 Å². The van der Waals surface area contributed by atoms with Gasteiger partial charge < -0.3 is 10.4 Å². The fourth-order valence-corrected chi connectivity index (χ4v) is 3.06. The van der Waals surface area contributed by atoms with Crippen LogP contribution in [0.4, 0.5) is 5.69 Å². The third-order valence-corrected chi connectivity index (χ3v) is 4.80. The Hall–Kier alpha value is -2.11. The van der Waals surface area contributed by atoms with E-state index >= 15 is 0 Å². The van der Waals surface area contributed by atoms with Crippen molar-refractivity contribution in [3.8, 4) is 0 Å². The Labute approximate surface area is 123 Å². The molecule has 0 saturated heterocycles. The molecule has 21 heavy (non-hydrogen) atoms. The van der Waals surface area contributed by atoms with Gasteiger partial charge in [0.1, 0.15) is 5.56 Å². The number of carbonyl (C=O) groups is 1. The third kappa shape index (κ3) is 2.24. The minimum Gasteiger partial charge on any atom is -0.478 e. The van der Waals surface area contributed by atoms with Crippen LogP contribution < -0.4 is 5.32 Å². The molecule has 6 nitrogen and oxygen atoms in total. The topological polar surface area (TPSA) is 80.0 Å². The molecule has 2 heterocycles. The highest BCUT2D eigenvalue weighted by atomic mass is 16.4. The average molecular weight is 288 g/mol. The predicted molar refractivity (Wildman–Crippen MR) is 80.5 cm³/mol. The number of carboxylic acid groups (broad SMARTS) is 1. The number of nitrogens with one attached hydrogen (secondary N) is 1. The van der Waals surface area contributed by atoms with Gasteiger partial charge in [-0.1, -0.05) is 13.3 Å². The molecule has 1 fully saturated rings. The molecule has 0 spiro atoms. The molecule has 0 aromatic carbocycles. The van der Waals surface area contributed by atoms with Gasteiger partial charge in [-0.05, 0) is 24.7 Å². The van der Waals surface area contributed by atoms with Crippen LogP contribution in [0.5, 0.6) is 0 Å². The van der Waals surface area contributed by atoms with E-state index in [0.29, 0.717) is 16.7 Å². The minimum absolute atomic E-state index is 0.209. The predicted octanol–water partition coefficient (Wildman–Crippen LogP) is 2.66. The number of aryl methyl sites for hydroxylation is 1. The van der Waals surface area contributed by atoms with Gasteiger partial charge in [0.15, 0.2) is 5.65 Å². The van der Waals surface area contributed by atoms with E-state index in [-0.39, 0.29) is 5.56 Å². The van der Waals surface area contributed by atoms with Crippen molar-refractivity contribution in [3.63, 3.8) is 0 Å². The van der Waals surface area contributed by atoms with E-state index in [1.54, 1.807) is 17.9 Å². The van der Waals surface area contributed by atoms with Crippen LogP contribution in [0.15, 0.2) is 12.4 Å². The van der Waals surface area contributed by atoms with Gasteiger partial charge in [-0.2, -0.15) is 5.10 Å². The maximum atomic E-state index is 11.4. The molecule has 0 radical (unpaired) electrons. The number of aromatic carboxylic acids is 1. The molecule has 0 bridgehead atoms. The molecule has 2 N–H and O–H groups in total. The summed E-state index contributed by atoms with van der Waals surface area (Å²) in [7, 11) is 1.80. The summed E-state index contributed by atoms with van der Waals surface area (Å²) in [6, 6.07) is 0. The number of hydrogen-bond donors (Lipinski definition) is 2. The van der Waals surface area contributed by atoms with Crippen LogP contribution >= 0.6 is 0 Å². The van der Waals surface area contributed by atoms with Gasteiger partial charge in [-0.25, -0.2) is 9.78 Å². The third-order valence-electron chi connectivity index (χ3n) is 4.80. The second-order valence-electron chi connectivity index (χ2n) is 5.92. The Morgan fingerprint density at radius 1 is 1.48 bits per heavy atom. The normalized spacial score (nSPS) is 16.7. The maximum absolute atomic E-state index is 11.4. The molecule has 0 unspecified atom stereocenters. The first-order valence-corrected chi connectivity index (χ1v) is 7.34. The molecule has 6 heteroatoms. The first kappa shape index (κ1) is 13.9. The van der Waals surface area contributed by atoms with Gasteiger partial charge in [0.25, 0.3) is 0 Å². The Morgan fingerprint density at radius 3 is 2.81 bits per heavy atom. The van der Waals surface area contributed by atoms with Gasteiger partial charge in [0.2, 0.25) is 0 Å². The quantitative estimate of drug-likeness (QED) is 0.884. The number of aromatic nitrogens is 3. The smallest absolute Gasteiger partial charge is 0.339 e. The van der Waals surface area contributed by atoms with Crippen molar-refractivity contribution >= 4 is 22.7 Å². The van der Waals surface area contributed by atoms with E-state index in [1.165, 1.54) is 25.5 Å². The van der Waals surface area contributed by atoms with Crippen molar-refractivity contribution < 1.29 is 9.90 Å². The van der Waals surface area contributed by atoms with Crippen molar-refractivity contribution in [3.05, 3.63) is 18.0 Å². The van der Waals surface area contributed by atoms with Crippen LogP contribution in [0.3, 0.4) is 0 Å². The molecule has 1 saturated carbocycles. The largest absolute Gasteiger partial charge is 0.478 e. The summed E-state index contributed by atoms with van der Waals surface area (Å²) in [5, 5.41) is 17.7. The van der Waals surface area contributed by atoms with Gasteiger partial charge in [-0.3, -0.25) is 4.68 Å². The molecule has 2 aromatic heterocycles. The van der Waals surface area contributed by atoms with Crippen LogP contribution in [0.25, 0.3) is 11.0 Å². The van der Waals surface area contributed by atoms with E-state index in [1.807, 2.05) is 0 Å². The van der Waals surface area contributed by atoms with Crippen LogP contribution in [0.1, 0.15) is 43.0 Å². The van der Waals surface area contributed by atoms with Gasteiger partial charge in [-0.15, -0.1) is 0 Å². The van der Waals surface area contributed by atoms with E-state index in [4.69, 9.17) is 0 Å². The van der Waals surface area contributed by atoms with Crippen LogP contribution in [-0.4, -0.2) is 32.4 Å². The molecule has 1 aliphatic carbocycles. The highest BCUT2D eigenvalue weighted by Gasteiger charge is 2.35. The molecule has 2 aromatic rings. The van der Waals surface area contributed by atoms with Gasteiger partial charge in [0.05, 0.1) is 17.3 Å². The van der Waals surface area contributed by atoms with Crippen molar-refractivity contribution in [2.45, 2.75) is 32.6 Å². The van der Waals surface area contributed by atoms with Crippen LogP contribution in [-0.2, 0) is 7.05 Å². The summed E-state index contributed by atoms with van der Waals surface area (Å²) in [5.74, 6) is -0.963. The number of fused-ring (bicyclic) bond motifs is 1. The van der Waals surface area contributed by atoms with Crippen LogP contribution in [0.2, 0.25) is 0 Å². The number of pyridine rings is 1. The maximum Gasteiger partial charge on any atom is 0.339 e. The van der Waals surface area contributed by atoms with Crippen molar-refractivity contribution in [1.29, 1.82) is 0 Å². The average Bonchev–Trinajstić information content (AvgIpc) is 2.80. The molecule has 0 aliphatic heterocycles. The lowest BCUT2D eigenvalue weighted by Gasteiger charge is -2.41. The summed E-state index contributed by atoms with van der Waals surface area (Å²) in [4.78, 5) is 15.6. The van der Waals surface area contributed by atoms with E-state index in [2.05, 4.69) is 22.3 Å². The molecular formula is C15H20N4O2. The molecule has 0 amide bonds. The summed E-state index contributed by atoms with van der Waals surface area (Å²) < 4.78 is 1.66. The lowest BCUT2D eigenvalue weighted by Crippen LogP contribution is -2.36. The monoisotopic (exact) mass is 288 g/mol. The lowest BCUT2D eigenvalue weighted by atomic mass is 9.67. The molecule has 1 aliphatic rings. The molecule has 112 valence electrons. The van der Waals surface area contributed by atoms with Crippen molar-refractivity contribution in [2.24, 2.45) is 12.5 Å². The Kier molecular flexibility index (Phi) is 3.31. The first-order chi connectivity index (χ1) is 10.1. The minimum atomic E-state index is -0.963. The molecule has 0 atom stereocenters. The number of anilines is 1.